The Kier molecular flexibility index (Phi) is 5.88. The van der Waals surface area contributed by atoms with Gasteiger partial charge in [0.25, 0.3) is 0 Å². The molecule has 0 aliphatic carbocycles. The Hall–Kier alpha value is -3.57. The zero-order valence-corrected chi connectivity index (χ0v) is 19.0. The minimum absolute atomic E-state index is 0.0483. The molecule has 0 saturated carbocycles. The van der Waals surface area contributed by atoms with Gasteiger partial charge in [0.15, 0.2) is 6.29 Å². The van der Waals surface area contributed by atoms with Crippen LogP contribution in [-0.4, -0.2) is 54.2 Å². The van der Waals surface area contributed by atoms with Crippen molar-refractivity contribution in [3.8, 4) is 5.69 Å². The Bertz CT molecular complexity index is 1290. The molecule has 1 aliphatic heterocycles. The van der Waals surface area contributed by atoms with Crippen LogP contribution < -0.4 is 16.0 Å². The predicted octanol–water partition coefficient (Wildman–Crippen LogP) is 2.19. The minimum atomic E-state index is -0.483. The SMILES string of the molecule is Cc1ccc2c(C)nc(NC3NC(=O)CC(CSc4nnnn4-c4ccccc4)N3)nc2c1. The number of tetrazole rings is 1. The summed E-state index contributed by atoms with van der Waals surface area (Å²) in [5.74, 6) is 1.04. The lowest BCUT2D eigenvalue weighted by Crippen LogP contribution is -2.60. The predicted molar refractivity (Wildman–Crippen MR) is 126 cm³/mol. The van der Waals surface area contributed by atoms with Gasteiger partial charge in [-0.25, -0.2) is 9.97 Å². The van der Waals surface area contributed by atoms with Gasteiger partial charge in [0, 0.05) is 23.6 Å². The third-order valence-electron chi connectivity index (χ3n) is 5.31. The Labute approximate surface area is 194 Å². The van der Waals surface area contributed by atoms with Crippen molar-refractivity contribution in [3.05, 3.63) is 59.8 Å². The van der Waals surface area contributed by atoms with E-state index >= 15 is 0 Å². The van der Waals surface area contributed by atoms with Crippen molar-refractivity contribution in [1.29, 1.82) is 0 Å². The molecule has 10 nitrogen and oxygen atoms in total. The number of hydrogen-bond acceptors (Lipinski definition) is 9. The smallest absolute Gasteiger partial charge is 0.226 e. The lowest BCUT2D eigenvalue weighted by molar-refractivity contribution is -0.123. The van der Waals surface area contributed by atoms with Crippen LogP contribution in [0.15, 0.2) is 53.7 Å². The summed E-state index contributed by atoms with van der Waals surface area (Å²) in [5.41, 5.74) is 3.76. The molecule has 0 spiro atoms. The number of carbonyl (C=O) groups excluding carboxylic acids is 1. The van der Waals surface area contributed by atoms with Gasteiger partial charge in [-0.05, 0) is 48.0 Å². The third kappa shape index (κ3) is 4.78. The lowest BCUT2D eigenvalue weighted by Gasteiger charge is -2.31. The van der Waals surface area contributed by atoms with E-state index in [9.17, 15) is 4.79 Å². The number of fused-ring (bicyclic) bond motifs is 1. The first-order chi connectivity index (χ1) is 16.0. The van der Waals surface area contributed by atoms with Crippen molar-refractivity contribution in [2.75, 3.05) is 11.1 Å². The van der Waals surface area contributed by atoms with Crippen molar-refractivity contribution >= 4 is 34.5 Å². The summed E-state index contributed by atoms with van der Waals surface area (Å²) >= 11 is 1.50. The molecule has 2 atom stereocenters. The van der Waals surface area contributed by atoms with Crippen molar-refractivity contribution < 1.29 is 4.79 Å². The molecule has 3 N–H and O–H groups in total. The van der Waals surface area contributed by atoms with Gasteiger partial charge < -0.3 is 10.6 Å². The molecule has 5 rings (SSSR count). The van der Waals surface area contributed by atoms with Gasteiger partial charge in [-0.15, -0.1) is 5.10 Å². The molecule has 4 aromatic rings. The summed E-state index contributed by atoms with van der Waals surface area (Å²) in [6, 6.07) is 15.7. The molecule has 0 bridgehead atoms. The molecule has 3 heterocycles. The van der Waals surface area contributed by atoms with Gasteiger partial charge in [0.2, 0.25) is 17.0 Å². The molecule has 1 aliphatic rings. The molecule has 168 valence electrons. The van der Waals surface area contributed by atoms with Gasteiger partial charge >= 0.3 is 0 Å². The quantitative estimate of drug-likeness (QED) is 0.371. The highest BCUT2D eigenvalue weighted by Crippen LogP contribution is 2.21. The second-order valence-corrected chi connectivity index (χ2v) is 8.87. The van der Waals surface area contributed by atoms with Crippen molar-refractivity contribution in [2.45, 2.75) is 37.8 Å². The normalized spacial score (nSPS) is 18.3. The highest BCUT2D eigenvalue weighted by Gasteiger charge is 2.27. The van der Waals surface area contributed by atoms with E-state index in [2.05, 4.69) is 41.4 Å². The van der Waals surface area contributed by atoms with E-state index in [0.29, 0.717) is 23.3 Å². The number of rotatable bonds is 6. The maximum Gasteiger partial charge on any atom is 0.226 e. The summed E-state index contributed by atoms with van der Waals surface area (Å²) in [6.07, 6.45) is -0.127. The summed E-state index contributed by atoms with van der Waals surface area (Å²) in [7, 11) is 0. The van der Waals surface area contributed by atoms with Gasteiger partial charge in [-0.1, -0.05) is 42.1 Å². The molecule has 1 saturated heterocycles. The highest BCUT2D eigenvalue weighted by atomic mass is 32.2. The number of thioether (sulfide) groups is 1. The number of hydrogen-bond donors (Lipinski definition) is 3. The number of nitrogens with one attached hydrogen (secondary N) is 3. The minimum Gasteiger partial charge on any atom is -0.323 e. The van der Waals surface area contributed by atoms with Crippen LogP contribution in [0.25, 0.3) is 16.6 Å². The molecule has 0 radical (unpaired) electrons. The average Bonchev–Trinajstić information content (AvgIpc) is 3.26. The molecule has 1 fully saturated rings. The van der Waals surface area contributed by atoms with E-state index in [1.54, 1.807) is 4.68 Å². The van der Waals surface area contributed by atoms with E-state index in [-0.39, 0.29) is 11.9 Å². The fourth-order valence-electron chi connectivity index (χ4n) is 3.73. The fourth-order valence-corrected chi connectivity index (χ4v) is 4.65. The maximum atomic E-state index is 12.4. The Morgan fingerprint density at radius 1 is 1.15 bits per heavy atom. The topological polar surface area (TPSA) is 123 Å². The summed E-state index contributed by atoms with van der Waals surface area (Å²) in [5, 5.41) is 23.2. The van der Waals surface area contributed by atoms with Crippen LogP contribution in [0.4, 0.5) is 5.95 Å². The second kappa shape index (κ2) is 9.12. The largest absolute Gasteiger partial charge is 0.323 e. The van der Waals surface area contributed by atoms with Gasteiger partial charge in [0.05, 0.1) is 16.9 Å². The first kappa shape index (κ1) is 21.3. The zero-order valence-electron chi connectivity index (χ0n) is 18.2. The average molecular weight is 462 g/mol. The molecule has 2 unspecified atom stereocenters. The number of amides is 1. The number of aromatic nitrogens is 6. The molecule has 2 aromatic heterocycles. The number of carbonyl (C=O) groups is 1. The Morgan fingerprint density at radius 3 is 2.85 bits per heavy atom. The van der Waals surface area contributed by atoms with Crippen LogP contribution in [0, 0.1) is 13.8 Å². The Balaban J connectivity index is 1.27. The van der Waals surface area contributed by atoms with E-state index in [1.807, 2.05) is 62.4 Å². The van der Waals surface area contributed by atoms with E-state index in [0.717, 1.165) is 27.8 Å². The third-order valence-corrected chi connectivity index (χ3v) is 6.39. The summed E-state index contributed by atoms with van der Waals surface area (Å²) < 4.78 is 1.69. The number of benzene rings is 2. The van der Waals surface area contributed by atoms with Crippen LogP contribution >= 0.6 is 11.8 Å². The highest BCUT2D eigenvalue weighted by molar-refractivity contribution is 7.99. The second-order valence-electron chi connectivity index (χ2n) is 7.89. The monoisotopic (exact) mass is 461 g/mol. The fraction of sp³-hybridized carbons (Fsp3) is 0.273. The first-order valence-corrected chi connectivity index (χ1v) is 11.6. The molecular formula is C22H23N9OS. The lowest BCUT2D eigenvalue weighted by atomic mass is 10.1. The van der Waals surface area contributed by atoms with Crippen molar-refractivity contribution in [2.24, 2.45) is 0 Å². The first-order valence-electron chi connectivity index (χ1n) is 10.6. The van der Waals surface area contributed by atoms with Crippen LogP contribution in [0.1, 0.15) is 17.7 Å². The molecule has 33 heavy (non-hydrogen) atoms. The van der Waals surface area contributed by atoms with Crippen LogP contribution in [0.3, 0.4) is 0 Å². The van der Waals surface area contributed by atoms with Crippen LogP contribution in [-0.2, 0) is 4.79 Å². The zero-order chi connectivity index (χ0) is 22.8. The van der Waals surface area contributed by atoms with Gasteiger partial charge in [-0.2, -0.15) is 4.68 Å². The maximum absolute atomic E-state index is 12.4. The van der Waals surface area contributed by atoms with Crippen molar-refractivity contribution in [1.82, 2.24) is 40.8 Å². The van der Waals surface area contributed by atoms with E-state index < -0.39 is 6.29 Å². The number of para-hydroxylation sites is 1. The number of anilines is 1. The molecular weight excluding hydrogens is 438 g/mol. The summed E-state index contributed by atoms with van der Waals surface area (Å²) in [6.45, 7) is 3.98. The van der Waals surface area contributed by atoms with Crippen molar-refractivity contribution in [3.63, 3.8) is 0 Å². The van der Waals surface area contributed by atoms with E-state index in [1.165, 1.54) is 11.8 Å². The number of aryl methyl sites for hydroxylation is 2. The van der Waals surface area contributed by atoms with E-state index in [4.69, 9.17) is 0 Å². The Morgan fingerprint density at radius 2 is 2.00 bits per heavy atom. The van der Waals surface area contributed by atoms with Crippen LogP contribution in [0.2, 0.25) is 0 Å². The van der Waals surface area contributed by atoms with Gasteiger partial charge in [0.1, 0.15) is 0 Å². The molecule has 1 amide bonds. The molecule has 11 heteroatoms. The van der Waals surface area contributed by atoms with Crippen LogP contribution in [0.5, 0.6) is 0 Å². The molecule has 2 aromatic carbocycles. The number of nitrogens with zero attached hydrogens (tertiary/aromatic N) is 6. The van der Waals surface area contributed by atoms with Gasteiger partial charge in [-0.3, -0.25) is 10.1 Å². The standard InChI is InChI=1S/C22H23N9OS/c1-13-8-9-17-14(2)23-20(25-18(17)10-13)27-21-24-15(11-19(32)26-21)12-33-22-28-29-30-31(22)16-6-4-3-5-7-16/h3-10,15,21,24H,11-12H2,1-2H3,(H,26,32)(H,23,25,27). The summed E-state index contributed by atoms with van der Waals surface area (Å²) in [4.78, 5) is 21.5.